The molecular formula is C64H41NS. The number of hydrogen-bond acceptors (Lipinski definition) is 2. The highest BCUT2D eigenvalue weighted by Gasteiger charge is 2.18. The molecule has 0 saturated carbocycles. The summed E-state index contributed by atoms with van der Waals surface area (Å²) in [6.45, 7) is 0. The molecule has 0 spiro atoms. The molecule has 308 valence electrons. The second-order valence-electron chi connectivity index (χ2n) is 17.2. The zero-order valence-corrected chi connectivity index (χ0v) is 36.8. The Morgan fingerprint density at radius 3 is 1.33 bits per heavy atom. The largest absolute Gasteiger partial charge is 0.310 e. The Bertz CT molecular complexity index is 3940. The molecule has 0 unspecified atom stereocenters. The second-order valence-corrected chi connectivity index (χ2v) is 18.2. The van der Waals surface area contributed by atoms with Gasteiger partial charge in [0.1, 0.15) is 0 Å². The third-order valence-electron chi connectivity index (χ3n) is 13.5. The van der Waals surface area contributed by atoms with Gasteiger partial charge < -0.3 is 4.90 Å². The van der Waals surface area contributed by atoms with Crippen LogP contribution in [0.4, 0.5) is 17.1 Å². The Morgan fingerprint density at radius 2 is 0.652 bits per heavy atom. The van der Waals surface area contributed by atoms with Crippen molar-refractivity contribution >= 4 is 91.7 Å². The summed E-state index contributed by atoms with van der Waals surface area (Å²) in [5.74, 6) is 0. The standard InChI is InChI=1S/C64H41NS/c1-2-14-42(15-3-1)43-30-34-48(35-31-43)65(50-38-39-58-56-23-7-6-21-54(56)55-22-8-9-24-57(55)62(58)41-50)49-36-32-44(33-37-49)46-18-10-19-47(40-46)52-25-12-28-60-61-29-13-27-59(64(61)66-63(52)60)53-26-11-17-45-16-4-5-20-51(45)53/h1-41H. The normalized spacial score (nSPS) is 11.6. The van der Waals surface area contributed by atoms with E-state index in [0.717, 1.165) is 17.1 Å². The molecule has 0 aliphatic carbocycles. The summed E-state index contributed by atoms with van der Waals surface area (Å²) in [5, 5.41) is 12.8. The van der Waals surface area contributed by atoms with Crippen LogP contribution in [0.5, 0.6) is 0 Å². The summed E-state index contributed by atoms with van der Waals surface area (Å²) in [7, 11) is 0. The van der Waals surface area contributed by atoms with E-state index in [1.807, 2.05) is 11.3 Å². The summed E-state index contributed by atoms with van der Waals surface area (Å²) in [5.41, 5.74) is 13.1. The molecule has 0 amide bonds. The van der Waals surface area contributed by atoms with Crippen LogP contribution in [0.15, 0.2) is 249 Å². The maximum Gasteiger partial charge on any atom is 0.0468 e. The molecule has 13 aromatic rings. The minimum atomic E-state index is 1.10. The maximum atomic E-state index is 2.40. The summed E-state index contributed by atoms with van der Waals surface area (Å²) >= 11 is 1.91. The second kappa shape index (κ2) is 15.7. The molecule has 2 heteroatoms. The van der Waals surface area contributed by atoms with Crippen LogP contribution in [0.3, 0.4) is 0 Å². The van der Waals surface area contributed by atoms with Gasteiger partial charge in [-0.3, -0.25) is 0 Å². The van der Waals surface area contributed by atoms with Crippen molar-refractivity contribution in [1.82, 2.24) is 0 Å². The van der Waals surface area contributed by atoms with E-state index in [2.05, 4.69) is 254 Å². The first kappa shape index (κ1) is 38.2. The number of fused-ring (bicyclic) bond motifs is 10. The molecule has 0 N–H and O–H groups in total. The van der Waals surface area contributed by atoms with Crippen LogP contribution >= 0.6 is 11.3 Å². The van der Waals surface area contributed by atoms with Crippen LogP contribution in [-0.2, 0) is 0 Å². The van der Waals surface area contributed by atoms with Crippen molar-refractivity contribution < 1.29 is 0 Å². The molecule has 13 rings (SSSR count). The zero-order valence-electron chi connectivity index (χ0n) is 36.0. The Morgan fingerprint density at radius 1 is 0.227 bits per heavy atom. The van der Waals surface area contributed by atoms with E-state index in [0.29, 0.717) is 0 Å². The SMILES string of the molecule is c1ccc(-c2ccc(N(c3ccc(-c4cccc(-c5cccc6c5sc5c(-c7cccc8ccccc78)cccc56)c4)cc3)c3ccc4c5ccccc5c5ccccc5c4c3)cc2)cc1. The first-order chi connectivity index (χ1) is 32.7. The first-order valence-corrected chi connectivity index (χ1v) is 23.5. The van der Waals surface area contributed by atoms with E-state index < -0.39 is 0 Å². The predicted molar refractivity (Wildman–Crippen MR) is 286 cm³/mol. The van der Waals surface area contributed by atoms with Crippen molar-refractivity contribution in [3.63, 3.8) is 0 Å². The van der Waals surface area contributed by atoms with Crippen LogP contribution in [0, 0.1) is 0 Å². The molecule has 1 heterocycles. The molecule has 0 bridgehead atoms. The first-order valence-electron chi connectivity index (χ1n) is 22.7. The van der Waals surface area contributed by atoms with E-state index in [4.69, 9.17) is 0 Å². The summed E-state index contributed by atoms with van der Waals surface area (Å²) in [6, 6.07) is 91.3. The third-order valence-corrected chi connectivity index (χ3v) is 14.7. The van der Waals surface area contributed by atoms with Gasteiger partial charge in [-0.1, -0.05) is 206 Å². The monoisotopic (exact) mass is 855 g/mol. The molecule has 0 radical (unpaired) electrons. The average molecular weight is 856 g/mol. The van der Waals surface area contributed by atoms with Gasteiger partial charge in [0.05, 0.1) is 0 Å². The smallest absolute Gasteiger partial charge is 0.0468 e. The van der Waals surface area contributed by atoms with E-state index in [1.54, 1.807) is 0 Å². The summed E-state index contributed by atoms with van der Waals surface area (Å²) in [6.07, 6.45) is 0. The van der Waals surface area contributed by atoms with Gasteiger partial charge in [-0.05, 0) is 124 Å². The molecule has 12 aromatic carbocycles. The predicted octanol–water partition coefficient (Wildman–Crippen LogP) is 18.8. The van der Waals surface area contributed by atoms with Gasteiger partial charge in [0, 0.05) is 42.8 Å². The fraction of sp³-hybridized carbons (Fsp3) is 0. The maximum absolute atomic E-state index is 2.40. The number of hydrogen-bond donors (Lipinski definition) is 0. The molecule has 0 aliphatic rings. The molecule has 1 aromatic heterocycles. The average Bonchev–Trinajstić information content (AvgIpc) is 3.79. The molecule has 0 saturated heterocycles. The molecule has 0 aliphatic heterocycles. The van der Waals surface area contributed by atoms with E-state index >= 15 is 0 Å². The highest BCUT2D eigenvalue weighted by molar-refractivity contribution is 7.26. The third kappa shape index (κ3) is 6.37. The van der Waals surface area contributed by atoms with Gasteiger partial charge in [0.2, 0.25) is 0 Å². The van der Waals surface area contributed by atoms with E-state index in [-0.39, 0.29) is 0 Å². The van der Waals surface area contributed by atoms with Gasteiger partial charge in [-0.25, -0.2) is 0 Å². The molecule has 0 atom stereocenters. The summed E-state index contributed by atoms with van der Waals surface area (Å²) in [4.78, 5) is 2.40. The highest BCUT2D eigenvalue weighted by atomic mass is 32.1. The molecule has 66 heavy (non-hydrogen) atoms. The topological polar surface area (TPSA) is 3.24 Å². The minimum Gasteiger partial charge on any atom is -0.310 e. The lowest BCUT2D eigenvalue weighted by atomic mass is 9.94. The number of nitrogens with zero attached hydrogens (tertiary/aromatic N) is 1. The van der Waals surface area contributed by atoms with Crippen molar-refractivity contribution in [3.05, 3.63) is 249 Å². The van der Waals surface area contributed by atoms with Gasteiger partial charge in [-0.2, -0.15) is 0 Å². The van der Waals surface area contributed by atoms with Crippen LogP contribution in [-0.4, -0.2) is 0 Å². The van der Waals surface area contributed by atoms with E-state index in [1.165, 1.54) is 108 Å². The Labute approximate surface area is 387 Å². The lowest BCUT2D eigenvalue weighted by Crippen LogP contribution is -2.10. The fourth-order valence-corrected chi connectivity index (χ4v) is 11.7. The fourth-order valence-electron chi connectivity index (χ4n) is 10.3. The van der Waals surface area contributed by atoms with E-state index in [9.17, 15) is 0 Å². The van der Waals surface area contributed by atoms with Gasteiger partial charge in [0.15, 0.2) is 0 Å². The summed E-state index contributed by atoms with van der Waals surface area (Å²) < 4.78 is 2.65. The molecule has 1 nitrogen and oxygen atoms in total. The van der Waals surface area contributed by atoms with Gasteiger partial charge in [0.25, 0.3) is 0 Å². The quantitative estimate of drug-likeness (QED) is 0.144. The minimum absolute atomic E-state index is 1.10. The molecule has 0 fully saturated rings. The van der Waals surface area contributed by atoms with Crippen molar-refractivity contribution in [2.45, 2.75) is 0 Å². The zero-order chi connectivity index (χ0) is 43.6. The van der Waals surface area contributed by atoms with Crippen molar-refractivity contribution in [2.75, 3.05) is 4.90 Å². The highest BCUT2D eigenvalue weighted by Crippen LogP contribution is 2.46. The van der Waals surface area contributed by atoms with Gasteiger partial charge >= 0.3 is 0 Å². The van der Waals surface area contributed by atoms with Crippen LogP contribution in [0.1, 0.15) is 0 Å². The number of thiophene rings is 1. The Hall–Kier alpha value is -8.30. The van der Waals surface area contributed by atoms with Crippen molar-refractivity contribution in [1.29, 1.82) is 0 Å². The number of benzene rings is 12. The van der Waals surface area contributed by atoms with Crippen molar-refractivity contribution in [2.24, 2.45) is 0 Å². The molecular weight excluding hydrogens is 815 g/mol. The Balaban J connectivity index is 0.902. The lowest BCUT2D eigenvalue weighted by molar-refractivity contribution is 1.29. The number of rotatable bonds is 7. The number of anilines is 3. The lowest BCUT2D eigenvalue weighted by Gasteiger charge is -2.27. The van der Waals surface area contributed by atoms with Crippen LogP contribution in [0.25, 0.3) is 108 Å². The van der Waals surface area contributed by atoms with Crippen LogP contribution in [0.2, 0.25) is 0 Å². The van der Waals surface area contributed by atoms with Crippen LogP contribution < -0.4 is 4.90 Å². The Kier molecular flexibility index (Phi) is 9.11. The van der Waals surface area contributed by atoms with Crippen molar-refractivity contribution in [3.8, 4) is 44.5 Å². The van der Waals surface area contributed by atoms with Gasteiger partial charge in [-0.15, -0.1) is 11.3 Å².